The summed E-state index contributed by atoms with van der Waals surface area (Å²) in [7, 11) is 0. The number of cyclic esters (lactones) is 1. The minimum atomic E-state index is -0.567. The molecule has 72 valence electrons. The van der Waals surface area contributed by atoms with E-state index in [0.29, 0.717) is 0 Å². The number of carbonyl (C=O) groups excluding carboxylic acids is 1. The summed E-state index contributed by atoms with van der Waals surface area (Å²) in [6.45, 7) is 0.718. The van der Waals surface area contributed by atoms with E-state index >= 15 is 0 Å². The van der Waals surface area contributed by atoms with Gasteiger partial charge in [0.15, 0.2) is 12.4 Å². The monoisotopic (exact) mass is 184 g/mol. The van der Waals surface area contributed by atoms with Crippen LogP contribution in [0.25, 0.3) is 0 Å². The van der Waals surface area contributed by atoms with Crippen molar-refractivity contribution in [3.8, 4) is 0 Å². The lowest BCUT2D eigenvalue weighted by molar-refractivity contribution is -0.189. The zero-order valence-corrected chi connectivity index (χ0v) is 7.27. The lowest BCUT2D eigenvalue weighted by atomic mass is 10.2. The summed E-state index contributed by atoms with van der Waals surface area (Å²) in [6.07, 6.45) is 5.17. The largest absolute Gasteiger partial charge is 0.433 e. The van der Waals surface area contributed by atoms with Crippen LogP contribution < -0.4 is 0 Å². The fourth-order valence-corrected chi connectivity index (χ4v) is 1.41. The van der Waals surface area contributed by atoms with E-state index in [-0.39, 0.29) is 12.3 Å². The van der Waals surface area contributed by atoms with Gasteiger partial charge in [0.1, 0.15) is 0 Å². The number of ether oxygens (including phenoxy) is 3. The van der Waals surface area contributed by atoms with Crippen molar-refractivity contribution in [2.75, 3.05) is 6.61 Å². The molecule has 0 aromatic carbocycles. The SMILES string of the molecule is O=C1OC=C[C@@H]1OC1CCCCO1. The highest BCUT2D eigenvalue weighted by molar-refractivity contribution is 5.79. The van der Waals surface area contributed by atoms with E-state index in [0.717, 1.165) is 25.9 Å². The van der Waals surface area contributed by atoms with Crippen LogP contribution in [0.15, 0.2) is 12.3 Å². The molecule has 0 spiro atoms. The number of hydrogen-bond donors (Lipinski definition) is 0. The van der Waals surface area contributed by atoms with Crippen LogP contribution in [-0.4, -0.2) is 25.0 Å². The van der Waals surface area contributed by atoms with Gasteiger partial charge in [0.2, 0.25) is 0 Å². The van der Waals surface area contributed by atoms with Crippen LogP contribution in [0.1, 0.15) is 19.3 Å². The van der Waals surface area contributed by atoms with Gasteiger partial charge >= 0.3 is 5.97 Å². The number of rotatable bonds is 2. The zero-order chi connectivity index (χ0) is 9.10. The van der Waals surface area contributed by atoms with Gasteiger partial charge in [-0.25, -0.2) is 4.79 Å². The summed E-state index contributed by atoms with van der Waals surface area (Å²) in [4.78, 5) is 11.0. The van der Waals surface area contributed by atoms with Crippen molar-refractivity contribution in [3.05, 3.63) is 12.3 Å². The molecule has 0 aliphatic carbocycles. The highest BCUT2D eigenvalue weighted by Crippen LogP contribution is 2.18. The smallest absolute Gasteiger partial charge is 0.344 e. The standard InChI is InChI=1S/C9H12O4/c10-9-7(4-6-12-9)13-8-3-1-2-5-11-8/h4,6-8H,1-3,5H2/t7-,8?/m0/s1. The van der Waals surface area contributed by atoms with Crippen molar-refractivity contribution < 1.29 is 19.0 Å². The van der Waals surface area contributed by atoms with E-state index in [9.17, 15) is 4.79 Å². The molecule has 0 aromatic rings. The molecule has 0 bridgehead atoms. The van der Waals surface area contributed by atoms with E-state index < -0.39 is 6.10 Å². The number of esters is 1. The first kappa shape index (κ1) is 8.72. The second-order valence-electron chi connectivity index (χ2n) is 3.12. The Balaban J connectivity index is 1.82. The summed E-state index contributed by atoms with van der Waals surface area (Å²) in [5.74, 6) is -0.353. The Morgan fingerprint density at radius 2 is 2.38 bits per heavy atom. The van der Waals surface area contributed by atoms with E-state index in [1.165, 1.54) is 6.26 Å². The first-order valence-corrected chi connectivity index (χ1v) is 4.50. The maximum absolute atomic E-state index is 11.0. The van der Waals surface area contributed by atoms with E-state index in [2.05, 4.69) is 4.74 Å². The van der Waals surface area contributed by atoms with Crippen LogP contribution in [0.3, 0.4) is 0 Å². The zero-order valence-electron chi connectivity index (χ0n) is 7.27. The predicted octanol–water partition coefficient (Wildman–Crippen LogP) is 0.969. The Morgan fingerprint density at radius 1 is 1.46 bits per heavy atom. The molecular weight excluding hydrogens is 172 g/mol. The third-order valence-corrected chi connectivity index (χ3v) is 2.11. The summed E-state index contributed by atoms with van der Waals surface area (Å²) in [6, 6.07) is 0. The van der Waals surface area contributed by atoms with Crippen molar-refractivity contribution in [2.45, 2.75) is 31.7 Å². The summed E-state index contributed by atoms with van der Waals surface area (Å²) >= 11 is 0. The molecule has 0 saturated carbocycles. The van der Waals surface area contributed by atoms with E-state index in [1.807, 2.05) is 0 Å². The molecule has 4 heteroatoms. The third-order valence-electron chi connectivity index (χ3n) is 2.11. The normalized spacial score (nSPS) is 33.4. The van der Waals surface area contributed by atoms with Gasteiger partial charge < -0.3 is 14.2 Å². The van der Waals surface area contributed by atoms with Gasteiger partial charge in [0.05, 0.1) is 6.26 Å². The van der Waals surface area contributed by atoms with Crippen LogP contribution >= 0.6 is 0 Å². The third kappa shape index (κ3) is 2.08. The first-order valence-electron chi connectivity index (χ1n) is 4.50. The Kier molecular flexibility index (Phi) is 2.61. The lowest BCUT2D eigenvalue weighted by Gasteiger charge is -2.23. The lowest BCUT2D eigenvalue weighted by Crippen LogP contribution is -2.30. The second-order valence-corrected chi connectivity index (χ2v) is 3.12. The van der Waals surface area contributed by atoms with Crippen LogP contribution in [0.4, 0.5) is 0 Å². The molecule has 1 saturated heterocycles. The van der Waals surface area contributed by atoms with Crippen molar-refractivity contribution in [1.29, 1.82) is 0 Å². The molecule has 0 radical (unpaired) electrons. The Morgan fingerprint density at radius 3 is 3.00 bits per heavy atom. The molecule has 1 fully saturated rings. The minimum absolute atomic E-state index is 0.242. The molecule has 1 unspecified atom stereocenters. The molecule has 2 aliphatic rings. The molecule has 2 heterocycles. The van der Waals surface area contributed by atoms with Crippen molar-refractivity contribution in [2.24, 2.45) is 0 Å². The molecule has 0 aromatic heterocycles. The van der Waals surface area contributed by atoms with Gasteiger partial charge in [0.25, 0.3) is 0 Å². The maximum atomic E-state index is 11.0. The van der Waals surface area contributed by atoms with Crippen molar-refractivity contribution >= 4 is 5.97 Å². The summed E-state index contributed by atoms with van der Waals surface area (Å²) in [5.41, 5.74) is 0. The average Bonchev–Trinajstić information content (AvgIpc) is 2.54. The number of carbonyl (C=O) groups is 1. The quantitative estimate of drug-likeness (QED) is 0.600. The van der Waals surface area contributed by atoms with Crippen molar-refractivity contribution in [1.82, 2.24) is 0 Å². The molecule has 2 atom stereocenters. The van der Waals surface area contributed by atoms with Crippen LogP contribution in [0, 0.1) is 0 Å². The first-order chi connectivity index (χ1) is 6.36. The molecule has 4 nitrogen and oxygen atoms in total. The van der Waals surface area contributed by atoms with Gasteiger partial charge in [0, 0.05) is 6.61 Å². The molecule has 0 amide bonds. The average molecular weight is 184 g/mol. The highest BCUT2D eigenvalue weighted by atomic mass is 16.7. The Hall–Kier alpha value is -0.870. The Bertz CT molecular complexity index is 218. The van der Waals surface area contributed by atoms with Gasteiger partial charge in [-0.2, -0.15) is 0 Å². The summed E-state index contributed by atoms with van der Waals surface area (Å²) in [5, 5.41) is 0. The topological polar surface area (TPSA) is 44.8 Å². The molecule has 2 aliphatic heterocycles. The maximum Gasteiger partial charge on any atom is 0.344 e. The highest BCUT2D eigenvalue weighted by Gasteiger charge is 2.27. The van der Waals surface area contributed by atoms with Crippen LogP contribution in [-0.2, 0) is 19.0 Å². The molecule has 0 N–H and O–H groups in total. The van der Waals surface area contributed by atoms with Gasteiger partial charge in [-0.3, -0.25) is 0 Å². The van der Waals surface area contributed by atoms with Crippen molar-refractivity contribution in [3.63, 3.8) is 0 Å². The molecule has 2 rings (SSSR count). The van der Waals surface area contributed by atoms with Crippen LogP contribution in [0.2, 0.25) is 0 Å². The fourth-order valence-electron chi connectivity index (χ4n) is 1.41. The van der Waals surface area contributed by atoms with Gasteiger partial charge in [-0.1, -0.05) is 0 Å². The van der Waals surface area contributed by atoms with E-state index in [1.54, 1.807) is 6.08 Å². The molecular formula is C9H12O4. The van der Waals surface area contributed by atoms with Gasteiger partial charge in [-0.15, -0.1) is 0 Å². The minimum Gasteiger partial charge on any atom is -0.433 e. The summed E-state index contributed by atoms with van der Waals surface area (Å²) < 4.78 is 15.3. The Labute approximate surface area is 76.5 Å². The molecule has 13 heavy (non-hydrogen) atoms. The second kappa shape index (κ2) is 3.89. The number of hydrogen-bond acceptors (Lipinski definition) is 4. The predicted molar refractivity (Wildman–Crippen MR) is 43.7 cm³/mol. The fraction of sp³-hybridized carbons (Fsp3) is 0.667. The van der Waals surface area contributed by atoms with Crippen LogP contribution in [0.5, 0.6) is 0 Å². The van der Waals surface area contributed by atoms with E-state index in [4.69, 9.17) is 9.47 Å². The van der Waals surface area contributed by atoms with Gasteiger partial charge in [-0.05, 0) is 25.3 Å².